The number of rotatable bonds is 9. The SMILES string of the molecule is Fc1cc(N(c2ccc(-c3ccc(N(c4cc(F)c(F)c(F)c4)c4ccc5c(c4)c4ccccc4n5-c4ccccc4)cc3)cc2)c2ccc3c(c2)c2ccccc2n3-c2ccccc2)cc(F)c1F. The van der Waals surface area contributed by atoms with Crippen molar-refractivity contribution >= 4 is 77.7 Å². The molecule has 12 aromatic rings. The Morgan fingerprint density at radius 2 is 0.571 bits per heavy atom. The van der Waals surface area contributed by atoms with Crippen LogP contribution in [0.1, 0.15) is 0 Å². The summed E-state index contributed by atoms with van der Waals surface area (Å²) in [6.45, 7) is 0. The van der Waals surface area contributed by atoms with E-state index in [0.29, 0.717) is 22.7 Å². The van der Waals surface area contributed by atoms with Crippen LogP contribution in [0.2, 0.25) is 0 Å². The van der Waals surface area contributed by atoms with E-state index in [2.05, 4.69) is 9.13 Å². The summed E-state index contributed by atoms with van der Waals surface area (Å²) in [5.41, 5.74) is 9.76. The Balaban J connectivity index is 0.937. The van der Waals surface area contributed by atoms with Crippen LogP contribution in [0.25, 0.3) is 66.1 Å². The topological polar surface area (TPSA) is 16.3 Å². The molecule has 0 aliphatic carbocycles. The highest BCUT2D eigenvalue weighted by molar-refractivity contribution is 6.12. The standard InChI is InChI=1S/C60H36F6N4/c61-51-33-45(34-52(62)59(51)65)67(43-27-29-57-49(31-43)47-15-7-9-17-55(47)69(57)39-11-3-1-4-12-39)41-23-19-37(20-24-41)38-21-25-42(26-22-38)68(46-35-53(63)60(66)54(64)36-46)44-28-30-58-50(32-44)48-16-8-10-18-56(48)70(58)40-13-5-2-6-14-40/h1-36H. The molecule has 0 bridgehead atoms. The van der Waals surface area contributed by atoms with E-state index in [1.165, 1.54) is 0 Å². The van der Waals surface area contributed by atoms with Gasteiger partial charge in [-0.2, -0.15) is 0 Å². The average molecular weight is 927 g/mol. The van der Waals surface area contributed by atoms with Gasteiger partial charge in [-0.05, 0) is 108 Å². The van der Waals surface area contributed by atoms with Crippen LogP contribution in [0.4, 0.5) is 60.5 Å². The molecule has 0 unspecified atom stereocenters. The Hall–Kier alpha value is -9.02. The van der Waals surface area contributed by atoms with Gasteiger partial charge in [0.25, 0.3) is 0 Å². The van der Waals surface area contributed by atoms with Crippen molar-refractivity contribution in [3.05, 3.63) is 253 Å². The molecule has 0 radical (unpaired) electrons. The third-order valence-electron chi connectivity index (χ3n) is 12.9. The number of fused-ring (bicyclic) bond motifs is 6. The normalized spacial score (nSPS) is 11.6. The zero-order valence-electron chi connectivity index (χ0n) is 36.8. The molecular formula is C60H36F6N4. The highest BCUT2D eigenvalue weighted by Gasteiger charge is 2.23. The number of anilines is 6. The average Bonchev–Trinajstić information content (AvgIpc) is 3.91. The van der Waals surface area contributed by atoms with Crippen molar-refractivity contribution < 1.29 is 26.3 Å². The van der Waals surface area contributed by atoms with Crippen molar-refractivity contribution in [2.24, 2.45) is 0 Å². The van der Waals surface area contributed by atoms with E-state index in [1.54, 1.807) is 9.80 Å². The van der Waals surface area contributed by atoms with Gasteiger partial charge in [-0.1, -0.05) is 97.1 Å². The van der Waals surface area contributed by atoms with Crippen LogP contribution in [0.5, 0.6) is 0 Å². The van der Waals surface area contributed by atoms with Crippen LogP contribution >= 0.6 is 0 Å². The maximum Gasteiger partial charge on any atom is 0.194 e. The fourth-order valence-electron chi connectivity index (χ4n) is 9.75. The zero-order chi connectivity index (χ0) is 47.6. The fraction of sp³-hybridized carbons (Fsp3) is 0. The fourth-order valence-corrected chi connectivity index (χ4v) is 9.75. The molecule has 10 aromatic carbocycles. The second kappa shape index (κ2) is 16.9. The molecule has 12 rings (SSSR count). The quantitative estimate of drug-likeness (QED) is 0.106. The van der Waals surface area contributed by atoms with E-state index in [9.17, 15) is 8.78 Å². The molecule has 0 N–H and O–H groups in total. The molecular weight excluding hydrogens is 891 g/mol. The van der Waals surface area contributed by atoms with Crippen molar-refractivity contribution in [1.29, 1.82) is 0 Å². The third-order valence-corrected chi connectivity index (χ3v) is 12.9. The molecule has 4 nitrogen and oxygen atoms in total. The minimum atomic E-state index is -1.56. The molecule has 0 aliphatic rings. The number of halogens is 6. The number of benzene rings is 10. The van der Waals surface area contributed by atoms with E-state index < -0.39 is 34.9 Å². The van der Waals surface area contributed by atoms with Crippen LogP contribution in [0, 0.1) is 34.9 Å². The summed E-state index contributed by atoms with van der Waals surface area (Å²) >= 11 is 0. The van der Waals surface area contributed by atoms with Crippen molar-refractivity contribution in [3.63, 3.8) is 0 Å². The lowest BCUT2D eigenvalue weighted by molar-refractivity contribution is 0.447. The minimum absolute atomic E-state index is 0.0798. The highest BCUT2D eigenvalue weighted by Crippen LogP contribution is 2.43. The van der Waals surface area contributed by atoms with Gasteiger partial charge in [0, 0.05) is 79.9 Å². The molecule has 0 aliphatic heterocycles. The van der Waals surface area contributed by atoms with E-state index >= 15 is 17.6 Å². The van der Waals surface area contributed by atoms with Crippen LogP contribution in [-0.2, 0) is 0 Å². The van der Waals surface area contributed by atoms with Crippen molar-refractivity contribution in [2.45, 2.75) is 0 Å². The minimum Gasteiger partial charge on any atom is -0.310 e. The number of aromatic nitrogens is 2. The summed E-state index contributed by atoms with van der Waals surface area (Å²) < 4.78 is 93.3. The number of hydrogen-bond acceptors (Lipinski definition) is 2. The first-order valence-corrected chi connectivity index (χ1v) is 22.5. The second-order valence-corrected chi connectivity index (χ2v) is 17.0. The highest BCUT2D eigenvalue weighted by atomic mass is 19.2. The summed E-state index contributed by atoms with van der Waals surface area (Å²) in [4.78, 5) is 3.36. The van der Waals surface area contributed by atoms with E-state index in [4.69, 9.17) is 0 Å². The van der Waals surface area contributed by atoms with E-state index in [0.717, 1.165) is 90.4 Å². The number of nitrogens with zero attached hydrogens (tertiary/aromatic N) is 4. The monoisotopic (exact) mass is 926 g/mol. The van der Waals surface area contributed by atoms with Crippen molar-refractivity contribution in [2.75, 3.05) is 9.80 Å². The van der Waals surface area contributed by atoms with Gasteiger partial charge in [-0.3, -0.25) is 0 Å². The van der Waals surface area contributed by atoms with Crippen LogP contribution < -0.4 is 9.80 Å². The third kappa shape index (κ3) is 7.11. The molecule has 2 heterocycles. The van der Waals surface area contributed by atoms with Gasteiger partial charge < -0.3 is 18.9 Å². The number of para-hydroxylation sites is 4. The van der Waals surface area contributed by atoms with E-state index in [1.807, 2.05) is 194 Å². The van der Waals surface area contributed by atoms with Crippen LogP contribution in [-0.4, -0.2) is 9.13 Å². The van der Waals surface area contributed by atoms with Crippen molar-refractivity contribution in [1.82, 2.24) is 9.13 Å². The van der Waals surface area contributed by atoms with Gasteiger partial charge in [0.2, 0.25) is 0 Å². The summed E-state index contributed by atoms with van der Waals surface area (Å²) in [5, 5.41) is 3.76. The summed E-state index contributed by atoms with van der Waals surface area (Å²) in [6, 6.07) is 66.2. The van der Waals surface area contributed by atoms with Crippen LogP contribution in [0.15, 0.2) is 218 Å². The molecule has 0 spiro atoms. The number of hydrogen-bond donors (Lipinski definition) is 0. The second-order valence-electron chi connectivity index (χ2n) is 17.0. The molecule has 10 heteroatoms. The Kier molecular flexibility index (Phi) is 10.2. The van der Waals surface area contributed by atoms with Crippen molar-refractivity contribution in [3.8, 4) is 22.5 Å². The lowest BCUT2D eigenvalue weighted by Gasteiger charge is -2.27. The van der Waals surface area contributed by atoms with Crippen LogP contribution in [0.3, 0.4) is 0 Å². The van der Waals surface area contributed by atoms with Gasteiger partial charge >= 0.3 is 0 Å². The molecule has 2 aromatic heterocycles. The van der Waals surface area contributed by atoms with Gasteiger partial charge in [-0.15, -0.1) is 0 Å². The predicted octanol–water partition coefficient (Wildman–Crippen LogP) is 17.3. The molecule has 338 valence electrons. The lowest BCUT2D eigenvalue weighted by Crippen LogP contribution is -2.11. The first-order valence-electron chi connectivity index (χ1n) is 22.5. The summed E-state index contributed by atoms with van der Waals surface area (Å²) in [7, 11) is 0. The predicted molar refractivity (Wildman–Crippen MR) is 270 cm³/mol. The first-order chi connectivity index (χ1) is 34.2. The Morgan fingerprint density at radius 1 is 0.257 bits per heavy atom. The zero-order valence-corrected chi connectivity index (χ0v) is 36.8. The molecule has 0 amide bonds. The summed E-state index contributed by atoms with van der Waals surface area (Å²) in [5.74, 6) is -8.41. The first kappa shape index (κ1) is 42.3. The van der Waals surface area contributed by atoms with Gasteiger partial charge in [0.15, 0.2) is 34.9 Å². The Labute approximate surface area is 397 Å². The largest absolute Gasteiger partial charge is 0.310 e. The Bertz CT molecular complexity index is 3660. The molecule has 70 heavy (non-hydrogen) atoms. The molecule has 0 saturated heterocycles. The van der Waals surface area contributed by atoms with Gasteiger partial charge in [-0.25, -0.2) is 26.3 Å². The van der Waals surface area contributed by atoms with Gasteiger partial charge in [0.1, 0.15) is 0 Å². The van der Waals surface area contributed by atoms with E-state index in [-0.39, 0.29) is 11.4 Å². The summed E-state index contributed by atoms with van der Waals surface area (Å²) in [6.07, 6.45) is 0. The molecule has 0 saturated carbocycles. The molecule has 0 fully saturated rings. The maximum absolute atomic E-state index is 15.0. The Morgan fingerprint density at radius 3 is 0.943 bits per heavy atom. The molecule has 0 atom stereocenters. The van der Waals surface area contributed by atoms with Gasteiger partial charge in [0.05, 0.1) is 33.4 Å². The lowest BCUT2D eigenvalue weighted by atomic mass is 10.0. The maximum atomic E-state index is 15.0. The smallest absolute Gasteiger partial charge is 0.194 e.